The van der Waals surface area contributed by atoms with Crippen LogP contribution in [0.3, 0.4) is 0 Å². The average Bonchev–Trinajstić information content (AvgIpc) is 2.92. The van der Waals surface area contributed by atoms with E-state index in [0.717, 1.165) is 17.4 Å². The van der Waals surface area contributed by atoms with Gasteiger partial charge in [0, 0.05) is 17.2 Å². The minimum absolute atomic E-state index is 0.558. The highest BCUT2D eigenvalue weighted by Gasteiger charge is 2.47. The van der Waals surface area contributed by atoms with E-state index in [1.54, 1.807) is 0 Å². The fourth-order valence-electron chi connectivity index (χ4n) is 3.95. The van der Waals surface area contributed by atoms with Gasteiger partial charge < -0.3 is 5.73 Å². The molecule has 21 heavy (non-hydrogen) atoms. The molecule has 3 N–H and O–H groups in total. The Bertz CT molecular complexity index is 644. The second-order valence-corrected chi connectivity index (χ2v) is 7.10. The largest absolute Gasteiger partial charge is 0.382 e. The topological polar surface area (TPSA) is 54.7 Å². The van der Waals surface area contributed by atoms with Crippen molar-refractivity contribution in [3.8, 4) is 11.1 Å². The van der Waals surface area contributed by atoms with Gasteiger partial charge in [0.15, 0.2) is 5.82 Å². The highest BCUT2D eigenvalue weighted by molar-refractivity contribution is 5.77. The van der Waals surface area contributed by atoms with E-state index < -0.39 is 0 Å². The molecule has 4 rings (SSSR count). The van der Waals surface area contributed by atoms with E-state index >= 15 is 0 Å². The lowest BCUT2D eigenvalue weighted by molar-refractivity contribution is 0.607. The van der Waals surface area contributed by atoms with Gasteiger partial charge in [-0.3, -0.25) is 5.10 Å². The standard InChI is InChI=1S/C18H23N3/c1-10(2)11-3-5-12(6-4-11)16-17(20-21-18(16)19)15-8-13-7-14(13)9-15/h3-6,10,13-15H,7-9H2,1-2H3,(H3,19,20,21). The van der Waals surface area contributed by atoms with Crippen LogP contribution >= 0.6 is 0 Å². The number of nitrogen functional groups attached to an aromatic ring is 1. The van der Waals surface area contributed by atoms with Gasteiger partial charge in [-0.05, 0) is 48.1 Å². The SMILES string of the molecule is CC(C)c1ccc(-c2c(N)n[nH]c2C2CC3CC3C2)cc1. The molecule has 3 heteroatoms. The Hall–Kier alpha value is -1.77. The van der Waals surface area contributed by atoms with Gasteiger partial charge in [0.25, 0.3) is 0 Å². The maximum absolute atomic E-state index is 6.14. The first-order chi connectivity index (χ1) is 10.1. The number of nitrogens with two attached hydrogens (primary N) is 1. The molecule has 110 valence electrons. The Balaban J connectivity index is 1.69. The fraction of sp³-hybridized carbons (Fsp3) is 0.500. The van der Waals surface area contributed by atoms with Crippen molar-refractivity contribution in [3.63, 3.8) is 0 Å². The Kier molecular flexibility index (Phi) is 2.84. The Morgan fingerprint density at radius 2 is 1.76 bits per heavy atom. The molecule has 1 aromatic heterocycles. The van der Waals surface area contributed by atoms with Crippen LogP contribution in [0.5, 0.6) is 0 Å². The minimum Gasteiger partial charge on any atom is -0.382 e. The second kappa shape index (κ2) is 4.62. The number of nitrogens with one attached hydrogen (secondary N) is 1. The molecule has 0 saturated heterocycles. The van der Waals surface area contributed by atoms with Crippen molar-refractivity contribution < 1.29 is 0 Å². The number of fused-ring (bicyclic) bond motifs is 1. The first-order valence-electron chi connectivity index (χ1n) is 8.07. The van der Waals surface area contributed by atoms with Gasteiger partial charge >= 0.3 is 0 Å². The van der Waals surface area contributed by atoms with Gasteiger partial charge in [0.2, 0.25) is 0 Å². The summed E-state index contributed by atoms with van der Waals surface area (Å²) in [5, 5.41) is 7.51. The van der Waals surface area contributed by atoms with Gasteiger partial charge in [-0.2, -0.15) is 5.10 Å². The number of aromatic nitrogens is 2. The summed E-state index contributed by atoms with van der Waals surface area (Å²) in [6.45, 7) is 4.44. The van der Waals surface area contributed by atoms with E-state index in [9.17, 15) is 0 Å². The molecule has 0 bridgehead atoms. The monoisotopic (exact) mass is 281 g/mol. The highest BCUT2D eigenvalue weighted by Crippen LogP contribution is 2.58. The summed E-state index contributed by atoms with van der Waals surface area (Å²) in [5.74, 6) is 3.76. The minimum atomic E-state index is 0.558. The van der Waals surface area contributed by atoms with Gasteiger partial charge in [-0.25, -0.2) is 0 Å². The maximum atomic E-state index is 6.14. The van der Waals surface area contributed by atoms with Crippen LogP contribution < -0.4 is 5.73 Å². The lowest BCUT2D eigenvalue weighted by Crippen LogP contribution is -1.99. The molecule has 1 aromatic carbocycles. The number of benzene rings is 1. The quantitative estimate of drug-likeness (QED) is 0.881. The lowest BCUT2D eigenvalue weighted by atomic mass is 9.92. The summed E-state index contributed by atoms with van der Waals surface area (Å²) < 4.78 is 0. The molecule has 2 aliphatic rings. The summed E-state index contributed by atoms with van der Waals surface area (Å²) in [5.41, 5.74) is 11.1. The van der Waals surface area contributed by atoms with Crippen LogP contribution in [-0.2, 0) is 0 Å². The fourth-order valence-corrected chi connectivity index (χ4v) is 3.95. The average molecular weight is 281 g/mol. The predicted molar refractivity (Wildman–Crippen MR) is 86.1 cm³/mol. The molecule has 2 saturated carbocycles. The number of H-pyrrole nitrogens is 1. The van der Waals surface area contributed by atoms with Crippen LogP contribution in [0, 0.1) is 11.8 Å². The lowest BCUT2D eigenvalue weighted by Gasteiger charge is -2.13. The van der Waals surface area contributed by atoms with E-state index in [2.05, 4.69) is 48.3 Å². The van der Waals surface area contributed by atoms with Crippen molar-refractivity contribution in [2.75, 3.05) is 5.73 Å². The van der Waals surface area contributed by atoms with Gasteiger partial charge in [-0.1, -0.05) is 38.1 Å². The number of nitrogens with zero attached hydrogens (tertiary/aromatic N) is 1. The smallest absolute Gasteiger partial charge is 0.153 e. The van der Waals surface area contributed by atoms with Crippen molar-refractivity contribution in [1.82, 2.24) is 10.2 Å². The third kappa shape index (κ3) is 2.15. The molecule has 2 aliphatic carbocycles. The van der Waals surface area contributed by atoms with Crippen molar-refractivity contribution in [2.24, 2.45) is 11.8 Å². The molecule has 1 heterocycles. The van der Waals surface area contributed by atoms with Crippen molar-refractivity contribution in [1.29, 1.82) is 0 Å². The molecule has 0 radical (unpaired) electrons. The molecule has 2 atom stereocenters. The van der Waals surface area contributed by atoms with Gasteiger partial charge in [0.05, 0.1) is 0 Å². The number of hydrogen-bond donors (Lipinski definition) is 2. The van der Waals surface area contributed by atoms with Crippen LogP contribution in [0.2, 0.25) is 0 Å². The van der Waals surface area contributed by atoms with Crippen molar-refractivity contribution in [2.45, 2.75) is 44.9 Å². The van der Waals surface area contributed by atoms with Crippen molar-refractivity contribution >= 4 is 5.82 Å². The third-order valence-corrected chi connectivity index (χ3v) is 5.34. The summed E-state index contributed by atoms with van der Waals surface area (Å²) in [6, 6.07) is 8.80. The molecule has 0 amide bonds. The van der Waals surface area contributed by atoms with E-state index in [-0.39, 0.29) is 0 Å². The molecular formula is C18H23N3. The molecule has 0 aliphatic heterocycles. The van der Waals surface area contributed by atoms with Crippen molar-refractivity contribution in [3.05, 3.63) is 35.5 Å². The molecule has 2 fully saturated rings. The van der Waals surface area contributed by atoms with E-state index in [1.165, 1.54) is 36.1 Å². The Morgan fingerprint density at radius 1 is 1.10 bits per heavy atom. The number of rotatable bonds is 3. The van der Waals surface area contributed by atoms with Crippen LogP contribution in [0.15, 0.2) is 24.3 Å². The first kappa shape index (κ1) is 12.9. The summed E-state index contributed by atoms with van der Waals surface area (Å²) in [4.78, 5) is 0. The Morgan fingerprint density at radius 3 is 2.38 bits per heavy atom. The van der Waals surface area contributed by atoms with Gasteiger partial charge in [-0.15, -0.1) is 0 Å². The number of anilines is 1. The zero-order valence-corrected chi connectivity index (χ0v) is 12.8. The van der Waals surface area contributed by atoms with Crippen LogP contribution in [-0.4, -0.2) is 10.2 Å². The van der Waals surface area contributed by atoms with E-state index in [4.69, 9.17) is 5.73 Å². The first-order valence-corrected chi connectivity index (χ1v) is 8.07. The van der Waals surface area contributed by atoms with Crippen LogP contribution in [0.1, 0.15) is 56.2 Å². The predicted octanol–water partition coefficient (Wildman–Crippen LogP) is 4.30. The highest BCUT2D eigenvalue weighted by atomic mass is 15.2. The molecule has 0 spiro atoms. The Labute approximate surface area is 125 Å². The maximum Gasteiger partial charge on any atom is 0.153 e. The second-order valence-electron chi connectivity index (χ2n) is 7.10. The summed E-state index contributed by atoms with van der Waals surface area (Å²) >= 11 is 0. The molecule has 2 aromatic rings. The zero-order valence-electron chi connectivity index (χ0n) is 12.8. The molecule has 2 unspecified atom stereocenters. The van der Waals surface area contributed by atoms with Crippen LogP contribution in [0.4, 0.5) is 5.82 Å². The normalized spacial score (nSPS) is 27.1. The van der Waals surface area contributed by atoms with Gasteiger partial charge in [0.1, 0.15) is 0 Å². The molecule has 3 nitrogen and oxygen atoms in total. The molecular weight excluding hydrogens is 258 g/mol. The van der Waals surface area contributed by atoms with E-state index in [1.807, 2.05) is 0 Å². The third-order valence-electron chi connectivity index (χ3n) is 5.34. The van der Waals surface area contributed by atoms with E-state index in [0.29, 0.717) is 17.7 Å². The number of aromatic amines is 1. The summed E-state index contributed by atoms with van der Waals surface area (Å²) in [6.07, 6.45) is 4.06. The number of hydrogen-bond acceptors (Lipinski definition) is 2. The zero-order chi connectivity index (χ0) is 14.6. The van der Waals surface area contributed by atoms with Crippen LogP contribution in [0.25, 0.3) is 11.1 Å². The summed E-state index contributed by atoms with van der Waals surface area (Å²) in [7, 11) is 0.